The van der Waals surface area contributed by atoms with E-state index in [0.29, 0.717) is 22.5 Å². The molecule has 0 atom stereocenters. The molecule has 2 aromatic heterocycles. The number of thiazole rings is 1. The Morgan fingerprint density at radius 1 is 1.27 bits per heavy atom. The standard InChI is InChI=1S/C13H6ClF3N2O2S/c14-8-3-6(13(15,16)17)5-18-11(8)19-9-4-7(20)1-2-10(9)22-12(19)21/h1-5,20H. The second-order valence-electron chi connectivity index (χ2n) is 4.38. The van der Waals surface area contributed by atoms with E-state index < -0.39 is 16.6 Å². The van der Waals surface area contributed by atoms with Gasteiger partial charge in [0.2, 0.25) is 0 Å². The van der Waals surface area contributed by atoms with Gasteiger partial charge in [0.15, 0.2) is 5.82 Å². The highest BCUT2D eigenvalue weighted by molar-refractivity contribution is 7.16. The molecule has 0 saturated carbocycles. The lowest BCUT2D eigenvalue weighted by molar-refractivity contribution is -0.137. The molecule has 3 aromatic rings. The van der Waals surface area contributed by atoms with Crippen molar-refractivity contribution in [3.8, 4) is 11.6 Å². The van der Waals surface area contributed by atoms with E-state index in [1.165, 1.54) is 18.2 Å². The van der Waals surface area contributed by atoms with Gasteiger partial charge >= 0.3 is 11.0 Å². The van der Waals surface area contributed by atoms with Gasteiger partial charge in [-0.05, 0) is 18.2 Å². The Morgan fingerprint density at radius 3 is 2.64 bits per heavy atom. The minimum atomic E-state index is -4.57. The van der Waals surface area contributed by atoms with Gasteiger partial charge in [-0.2, -0.15) is 13.2 Å². The number of phenolic OH excluding ortho intramolecular Hbond substituents is 1. The Kier molecular flexibility index (Phi) is 3.37. The molecule has 1 aromatic carbocycles. The quantitative estimate of drug-likeness (QED) is 0.728. The summed E-state index contributed by atoms with van der Waals surface area (Å²) in [6.45, 7) is 0. The van der Waals surface area contributed by atoms with E-state index in [1.54, 1.807) is 0 Å². The van der Waals surface area contributed by atoms with Crippen molar-refractivity contribution in [1.29, 1.82) is 0 Å². The molecule has 0 aliphatic heterocycles. The van der Waals surface area contributed by atoms with Crippen molar-refractivity contribution in [2.45, 2.75) is 6.18 Å². The summed E-state index contributed by atoms with van der Waals surface area (Å²) < 4.78 is 39.5. The van der Waals surface area contributed by atoms with Gasteiger partial charge in [0.05, 0.1) is 20.8 Å². The van der Waals surface area contributed by atoms with Crippen LogP contribution in [0.4, 0.5) is 13.2 Å². The fourth-order valence-electron chi connectivity index (χ4n) is 1.96. The van der Waals surface area contributed by atoms with Gasteiger partial charge in [-0.1, -0.05) is 22.9 Å². The van der Waals surface area contributed by atoms with Crippen LogP contribution in [0.15, 0.2) is 35.3 Å². The molecule has 1 N–H and O–H groups in total. The molecule has 0 spiro atoms. The lowest BCUT2D eigenvalue weighted by Gasteiger charge is -2.09. The third kappa shape index (κ3) is 2.44. The van der Waals surface area contributed by atoms with Crippen LogP contribution in [0.25, 0.3) is 16.0 Å². The van der Waals surface area contributed by atoms with E-state index in [9.17, 15) is 23.1 Å². The predicted octanol–water partition coefficient (Wildman–Crippen LogP) is 3.83. The summed E-state index contributed by atoms with van der Waals surface area (Å²) in [7, 11) is 0. The highest BCUT2D eigenvalue weighted by atomic mass is 35.5. The highest BCUT2D eigenvalue weighted by Crippen LogP contribution is 2.33. The normalized spacial score (nSPS) is 12.0. The Hall–Kier alpha value is -2.06. The van der Waals surface area contributed by atoms with Crippen LogP contribution in [-0.4, -0.2) is 14.7 Å². The third-order valence-electron chi connectivity index (χ3n) is 2.92. The number of nitrogens with zero attached hydrogens (tertiary/aromatic N) is 2. The van der Waals surface area contributed by atoms with Gasteiger partial charge in [-0.15, -0.1) is 0 Å². The number of rotatable bonds is 1. The molecule has 22 heavy (non-hydrogen) atoms. The van der Waals surface area contributed by atoms with Crippen molar-refractivity contribution >= 4 is 33.2 Å². The number of aromatic nitrogens is 2. The van der Waals surface area contributed by atoms with Crippen LogP contribution in [0.1, 0.15) is 5.56 Å². The summed E-state index contributed by atoms with van der Waals surface area (Å²) in [5.41, 5.74) is -0.680. The van der Waals surface area contributed by atoms with Crippen molar-refractivity contribution in [2.75, 3.05) is 0 Å². The number of hydrogen-bond acceptors (Lipinski definition) is 4. The van der Waals surface area contributed by atoms with E-state index in [-0.39, 0.29) is 16.6 Å². The maximum atomic E-state index is 12.6. The predicted molar refractivity (Wildman–Crippen MR) is 76.9 cm³/mol. The van der Waals surface area contributed by atoms with Crippen molar-refractivity contribution in [1.82, 2.24) is 9.55 Å². The van der Waals surface area contributed by atoms with E-state index in [4.69, 9.17) is 11.6 Å². The van der Waals surface area contributed by atoms with Crippen molar-refractivity contribution in [3.05, 3.63) is 50.7 Å². The van der Waals surface area contributed by atoms with Crippen LogP contribution in [0.5, 0.6) is 5.75 Å². The van der Waals surface area contributed by atoms with Crippen LogP contribution in [-0.2, 0) is 6.18 Å². The minimum absolute atomic E-state index is 0.0814. The van der Waals surface area contributed by atoms with Crippen LogP contribution in [0.2, 0.25) is 5.02 Å². The molecule has 0 aliphatic carbocycles. The van der Waals surface area contributed by atoms with E-state index >= 15 is 0 Å². The number of halogens is 4. The maximum absolute atomic E-state index is 12.6. The molecule has 0 bridgehead atoms. The zero-order valence-electron chi connectivity index (χ0n) is 10.6. The summed E-state index contributed by atoms with van der Waals surface area (Å²) in [6.07, 6.45) is -3.96. The summed E-state index contributed by atoms with van der Waals surface area (Å²) in [5, 5.41) is 9.21. The van der Waals surface area contributed by atoms with Crippen LogP contribution >= 0.6 is 22.9 Å². The molecule has 2 heterocycles. The van der Waals surface area contributed by atoms with Crippen LogP contribution < -0.4 is 4.87 Å². The largest absolute Gasteiger partial charge is 0.508 e. The van der Waals surface area contributed by atoms with Crippen molar-refractivity contribution in [2.24, 2.45) is 0 Å². The summed E-state index contributed by atoms with van der Waals surface area (Å²) >= 11 is 6.74. The van der Waals surface area contributed by atoms with E-state index in [1.807, 2.05) is 0 Å². The Labute approximate surface area is 130 Å². The van der Waals surface area contributed by atoms with Gasteiger partial charge in [0.1, 0.15) is 5.75 Å². The fraction of sp³-hybridized carbons (Fsp3) is 0.0769. The van der Waals surface area contributed by atoms with Crippen LogP contribution in [0.3, 0.4) is 0 Å². The third-order valence-corrected chi connectivity index (χ3v) is 4.12. The smallest absolute Gasteiger partial charge is 0.417 e. The lowest BCUT2D eigenvalue weighted by Crippen LogP contribution is -2.14. The van der Waals surface area contributed by atoms with Gasteiger partial charge in [0, 0.05) is 12.3 Å². The first-order valence-electron chi connectivity index (χ1n) is 5.85. The molecule has 0 amide bonds. The summed E-state index contributed by atoms with van der Waals surface area (Å²) in [5.74, 6) is -0.196. The average Bonchev–Trinajstić information content (AvgIpc) is 2.73. The maximum Gasteiger partial charge on any atom is 0.417 e. The summed E-state index contributed by atoms with van der Waals surface area (Å²) in [6, 6.07) is 4.97. The first-order chi connectivity index (χ1) is 10.3. The molecule has 0 radical (unpaired) electrons. The molecular weight excluding hydrogens is 341 g/mol. The number of alkyl halides is 3. The molecule has 4 nitrogen and oxygen atoms in total. The van der Waals surface area contributed by atoms with Crippen molar-refractivity contribution in [3.63, 3.8) is 0 Å². The van der Waals surface area contributed by atoms with E-state index in [2.05, 4.69) is 4.98 Å². The summed E-state index contributed by atoms with van der Waals surface area (Å²) in [4.78, 5) is 15.3. The lowest BCUT2D eigenvalue weighted by atomic mass is 10.2. The van der Waals surface area contributed by atoms with Gasteiger partial charge < -0.3 is 5.11 Å². The minimum Gasteiger partial charge on any atom is -0.508 e. The van der Waals surface area contributed by atoms with Gasteiger partial charge in [-0.3, -0.25) is 4.79 Å². The molecular formula is C13H6ClF3N2O2S. The molecule has 0 unspecified atom stereocenters. The first kappa shape index (κ1) is 14.9. The van der Waals surface area contributed by atoms with Crippen LogP contribution in [0, 0.1) is 0 Å². The first-order valence-corrected chi connectivity index (χ1v) is 7.04. The molecule has 114 valence electrons. The average molecular weight is 347 g/mol. The number of benzene rings is 1. The zero-order chi connectivity index (χ0) is 16.1. The Balaban J connectivity index is 2.26. The zero-order valence-corrected chi connectivity index (χ0v) is 12.1. The second-order valence-corrected chi connectivity index (χ2v) is 5.78. The van der Waals surface area contributed by atoms with E-state index in [0.717, 1.165) is 15.9 Å². The second kappa shape index (κ2) is 4.99. The van der Waals surface area contributed by atoms with Gasteiger partial charge in [-0.25, -0.2) is 9.55 Å². The molecule has 0 fully saturated rings. The number of hydrogen-bond donors (Lipinski definition) is 1. The Bertz CT molecular complexity index is 933. The number of aromatic hydroxyl groups is 1. The molecule has 9 heteroatoms. The van der Waals surface area contributed by atoms with Gasteiger partial charge in [0.25, 0.3) is 0 Å². The molecule has 3 rings (SSSR count). The monoisotopic (exact) mass is 346 g/mol. The topological polar surface area (TPSA) is 55.1 Å². The molecule has 0 saturated heterocycles. The number of pyridine rings is 1. The SMILES string of the molecule is O=c1sc2ccc(O)cc2n1-c1ncc(C(F)(F)F)cc1Cl. The highest BCUT2D eigenvalue weighted by Gasteiger charge is 2.32. The number of phenols is 1. The van der Waals surface area contributed by atoms with Crippen molar-refractivity contribution < 1.29 is 18.3 Å². The molecule has 0 aliphatic rings. The number of fused-ring (bicyclic) bond motifs is 1. The Morgan fingerprint density at radius 2 is 2.00 bits per heavy atom. The fourth-order valence-corrected chi connectivity index (χ4v) is 3.06.